The number of thioether (sulfide) groups is 1. The van der Waals surface area contributed by atoms with Crippen LogP contribution >= 0.6 is 11.8 Å². The normalized spacial score (nSPS) is 28.6. The lowest BCUT2D eigenvalue weighted by Crippen LogP contribution is -2.62. The fraction of sp³-hybridized carbons (Fsp3) is 0.625. The van der Waals surface area contributed by atoms with Crippen LogP contribution in [0.2, 0.25) is 0 Å². The van der Waals surface area contributed by atoms with Crippen molar-refractivity contribution in [2.45, 2.75) is 18.4 Å². The molecule has 2 fully saturated rings. The highest BCUT2D eigenvalue weighted by atomic mass is 32.2. The second-order valence-electron chi connectivity index (χ2n) is 5.89. The fourth-order valence-electron chi connectivity index (χ4n) is 3.45. The highest BCUT2D eigenvalue weighted by molar-refractivity contribution is 7.99. The summed E-state index contributed by atoms with van der Waals surface area (Å²) < 4.78 is 0. The van der Waals surface area contributed by atoms with E-state index in [0.29, 0.717) is 0 Å². The van der Waals surface area contributed by atoms with Gasteiger partial charge in [-0.1, -0.05) is 18.2 Å². The summed E-state index contributed by atoms with van der Waals surface area (Å²) in [6.07, 6.45) is 2.60. The number of rotatable bonds is 3. The molecule has 0 aliphatic carbocycles. The average Bonchev–Trinajstić information content (AvgIpc) is 2.56. The molecule has 2 saturated heterocycles. The number of piperazine rings is 1. The van der Waals surface area contributed by atoms with Gasteiger partial charge in [0.05, 0.1) is 0 Å². The van der Waals surface area contributed by atoms with E-state index in [2.05, 4.69) is 51.9 Å². The Morgan fingerprint density at radius 1 is 1.10 bits per heavy atom. The largest absolute Gasteiger partial charge is 0.369 e. The van der Waals surface area contributed by atoms with Crippen LogP contribution in [-0.4, -0.2) is 54.7 Å². The third-order valence-electron chi connectivity index (χ3n) is 4.75. The zero-order chi connectivity index (χ0) is 13.8. The molecule has 4 heteroatoms. The molecule has 1 atom stereocenters. The zero-order valence-electron chi connectivity index (χ0n) is 12.1. The van der Waals surface area contributed by atoms with Crippen LogP contribution in [0.4, 0.5) is 5.69 Å². The Labute approximate surface area is 126 Å². The fourth-order valence-corrected chi connectivity index (χ4v) is 4.77. The Morgan fingerprint density at radius 3 is 2.45 bits per heavy atom. The van der Waals surface area contributed by atoms with E-state index in [1.54, 1.807) is 0 Å². The molecule has 0 amide bonds. The predicted molar refractivity (Wildman–Crippen MR) is 88.6 cm³/mol. The van der Waals surface area contributed by atoms with E-state index in [0.717, 1.165) is 32.7 Å². The van der Waals surface area contributed by atoms with Gasteiger partial charge in [-0.05, 0) is 30.7 Å². The maximum atomic E-state index is 6.15. The number of para-hydroxylation sites is 1. The van der Waals surface area contributed by atoms with Gasteiger partial charge in [0.2, 0.25) is 0 Å². The van der Waals surface area contributed by atoms with Crippen LogP contribution in [0.1, 0.15) is 12.8 Å². The van der Waals surface area contributed by atoms with Gasteiger partial charge in [-0.3, -0.25) is 4.90 Å². The van der Waals surface area contributed by atoms with E-state index in [9.17, 15) is 0 Å². The maximum Gasteiger partial charge on any atom is 0.0423 e. The van der Waals surface area contributed by atoms with Crippen molar-refractivity contribution in [1.82, 2.24) is 4.90 Å². The molecule has 1 unspecified atom stereocenters. The third kappa shape index (κ3) is 2.83. The molecule has 0 aromatic heterocycles. The molecule has 2 N–H and O–H groups in total. The Morgan fingerprint density at radius 2 is 1.85 bits per heavy atom. The minimum atomic E-state index is 0.270. The molecule has 1 aromatic rings. The third-order valence-corrected chi connectivity index (χ3v) is 6.07. The van der Waals surface area contributed by atoms with Crippen molar-refractivity contribution in [3.05, 3.63) is 30.3 Å². The van der Waals surface area contributed by atoms with Gasteiger partial charge in [-0.2, -0.15) is 11.8 Å². The van der Waals surface area contributed by atoms with Gasteiger partial charge < -0.3 is 10.6 Å². The number of nitrogens with zero attached hydrogens (tertiary/aromatic N) is 2. The van der Waals surface area contributed by atoms with E-state index in [4.69, 9.17) is 5.73 Å². The topological polar surface area (TPSA) is 32.5 Å². The molecule has 110 valence electrons. The van der Waals surface area contributed by atoms with E-state index in [1.807, 2.05) is 0 Å². The smallest absolute Gasteiger partial charge is 0.0423 e. The van der Waals surface area contributed by atoms with Crippen molar-refractivity contribution in [3.63, 3.8) is 0 Å². The standard InChI is InChI=1S/C16H25N3S/c17-13-16(7-4-12-20-14-16)19-10-8-18(9-11-19)15-5-2-1-3-6-15/h1-3,5-6H,4,7-14,17H2. The van der Waals surface area contributed by atoms with Crippen molar-refractivity contribution in [2.75, 3.05) is 49.1 Å². The van der Waals surface area contributed by atoms with Crippen LogP contribution in [0.3, 0.4) is 0 Å². The minimum absolute atomic E-state index is 0.270. The first-order valence-corrected chi connectivity index (χ1v) is 8.82. The first-order chi connectivity index (χ1) is 9.84. The molecule has 2 heterocycles. The summed E-state index contributed by atoms with van der Waals surface area (Å²) in [5.74, 6) is 2.53. The van der Waals surface area contributed by atoms with E-state index in [1.165, 1.54) is 30.0 Å². The number of hydrogen-bond acceptors (Lipinski definition) is 4. The summed E-state index contributed by atoms with van der Waals surface area (Å²) in [5, 5.41) is 0. The van der Waals surface area contributed by atoms with Crippen LogP contribution in [-0.2, 0) is 0 Å². The van der Waals surface area contributed by atoms with Gasteiger partial charge in [0.25, 0.3) is 0 Å². The van der Waals surface area contributed by atoms with E-state index < -0.39 is 0 Å². The molecule has 2 aliphatic rings. The molecule has 3 nitrogen and oxygen atoms in total. The van der Waals surface area contributed by atoms with Gasteiger partial charge >= 0.3 is 0 Å². The summed E-state index contributed by atoms with van der Waals surface area (Å²) in [6, 6.07) is 10.8. The number of anilines is 1. The second-order valence-corrected chi connectivity index (χ2v) is 7.00. The summed E-state index contributed by atoms with van der Waals surface area (Å²) in [5.41, 5.74) is 7.77. The Kier molecular flexibility index (Phi) is 4.54. The first kappa shape index (κ1) is 14.2. The number of benzene rings is 1. The molecule has 2 aliphatic heterocycles. The van der Waals surface area contributed by atoms with Gasteiger partial charge in [0, 0.05) is 49.7 Å². The zero-order valence-corrected chi connectivity index (χ0v) is 12.9. The molecule has 0 bridgehead atoms. The van der Waals surface area contributed by atoms with Crippen molar-refractivity contribution in [3.8, 4) is 0 Å². The highest BCUT2D eigenvalue weighted by Crippen LogP contribution is 2.32. The molecule has 0 radical (unpaired) electrons. The van der Waals surface area contributed by atoms with Crippen molar-refractivity contribution < 1.29 is 0 Å². The molecule has 20 heavy (non-hydrogen) atoms. The van der Waals surface area contributed by atoms with E-state index in [-0.39, 0.29) is 5.54 Å². The molecule has 1 aromatic carbocycles. The van der Waals surface area contributed by atoms with Crippen LogP contribution in [0, 0.1) is 0 Å². The van der Waals surface area contributed by atoms with Gasteiger partial charge in [0.15, 0.2) is 0 Å². The quantitative estimate of drug-likeness (QED) is 0.924. The lowest BCUT2D eigenvalue weighted by molar-refractivity contribution is 0.0954. The highest BCUT2D eigenvalue weighted by Gasteiger charge is 2.38. The van der Waals surface area contributed by atoms with Crippen LogP contribution < -0.4 is 10.6 Å². The van der Waals surface area contributed by atoms with Crippen molar-refractivity contribution in [2.24, 2.45) is 5.73 Å². The Bertz CT molecular complexity index is 409. The maximum absolute atomic E-state index is 6.15. The van der Waals surface area contributed by atoms with Crippen LogP contribution in [0.25, 0.3) is 0 Å². The predicted octanol–water partition coefficient (Wildman–Crippen LogP) is 2.03. The average molecular weight is 291 g/mol. The Hall–Kier alpha value is -0.710. The first-order valence-electron chi connectivity index (χ1n) is 7.67. The molecule has 3 rings (SSSR count). The molecular formula is C16H25N3S. The van der Waals surface area contributed by atoms with Crippen LogP contribution in [0.15, 0.2) is 30.3 Å². The summed E-state index contributed by atoms with van der Waals surface area (Å²) >= 11 is 2.08. The lowest BCUT2D eigenvalue weighted by Gasteiger charge is -2.49. The van der Waals surface area contributed by atoms with Crippen molar-refractivity contribution >= 4 is 17.4 Å². The SMILES string of the molecule is NCC1(N2CCN(c3ccccc3)CC2)CCCSC1. The van der Waals surface area contributed by atoms with E-state index >= 15 is 0 Å². The Balaban J connectivity index is 1.63. The molecular weight excluding hydrogens is 266 g/mol. The minimum Gasteiger partial charge on any atom is -0.369 e. The number of nitrogens with two attached hydrogens (primary N) is 1. The van der Waals surface area contributed by atoms with Gasteiger partial charge in [0.1, 0.15) is 0 Å². The number of hydrogen-bond donors (Lipinski definition) is 1. The van der Waals surface area contributed by atoms with Gasteiger partial charge in [-0.25, -0.2) is 0 Å². The van der Waals surface area contributed by atoms with Crippen molar-refractivity contribution in [1.29, 1.82) is 0 Å². The van der Waals surface area contributed by atoms with Gasteiger partial charge in [-0.15, -0.1) is 0 Å². The summed E-state index contributed by atoms with van der Waals surface area (Å²) in [6.45, 7) is 5.34. The second kappa shape index (κ2) is 6.37. The summed E-state index contributed by atoms with van der Waals surface area (Å²) in [4.78, 5) is 5.16. The lowest BCUT2D eigenvalue weighted by atomic mass is 9.92. The summed E-state index contributed by atoms with van der Waals surface area (Å²) in [7, 11) is 0. The molecule has 0 spiro atoms. The monoisotopic (exact) mass is 291 g/mol. The van der Waals surface area contributed by atoms with Crippen LogP contribution in [0.5, 0.6) is 0 Å². The molecule has 0 saturated carbocycles.